The molecule has 0 aliphatic heterocycles. The number of rotatable bonds is 7. The Balaban J connectivity index is 1.72. The number of benzene rings is 4. The first kappa shape index (κ1) is 23.3. The van der Waals surface area contributed by atoms with Crippen LogP contribution in [0.5, 0.6) is 0 Å². The second-order valence-electron chi connectivity index (χ2n) is 7.98. The largest absolute Gasteiger partial charge is 0.341 e. The maximum atomic E-state index is 13.6. The van der Waals surface area contributed by atoms with Crippen molar-refractivity contribution in [1.82, 2.24) is 5.32 Å². The van der Waals surface area contributed by atoms with Gasteiger partial charge in [-0.1, -0.05) is 84.9 Å². The summed E-state index contributed by atoms with van der Waals surface area (Å²) in [6, 6.07) is 32.2. The summed E-state index contributed by atoms with van der Waals surface area (Å²) in [5, 5.41) is 3.13. The molecule has 4 aromatic rings. The zero-order chi connectivity index (χ0) is 24.1. The van der Waals surface area contributed by atoms with Crippen molar-refractivity contribution in [1.29, 1.82) is 0 Å². The molecule has 0 aliphatic rings. The summed E-state index contributed by atoms with van der Waals surface area (Å²) in [5.74, 6) is -0.359. The molecule has 34 heavy (non-hydrogen) atoms. The van der Waals surface area contributed by atoms with Crippen molar-refractivity contribution in [2.45, 2.75) is 17.9 Å². The lowest BCUT2D eigenvalue weighted by molar-refractivity contribution is 0.0943. The highest BCUT2D eigenvalue weighted by molar-refractivity contribution is 7.92. The average Bonchev–Trinajstić information content (AvgIpc) is 2.88. The van der Waals surface area contributed by atoms with Gasteiger partial charge in [-0.15, -0.1) is 0 Å². The van der Waals surface area contributed by atoms with E-state index in [0.717, 1.165) is 21.0 Å². The van der Waals surface area contributed by atoms with Crippen LogP contribution in [0.15, 0.2) is 114 Å². The van der Waals surface area contributed by atoms with E-state index in [-0.39, 0.29) is 22.4 Å². The number of hydrogen-bond donors (Lipinski definition) is 1. The van der Waals surface area contributed by atoms with Gasteiger partial charge in [0.2, 0.25) is 0 Å². The van der Waals surface area contributed by atoms with E-state index in [1.165, 1.54) is 19.2 Å². The molecule has 1 N–H and O–H groups in total. The molecule has 6 heteroatoms. The average molecular weight is 471 g/mol. The summed E-state index contributed by atoms with van der Waals surface area (Å²) in [5.41, 5.74) is 3.55. The molecule has 0 fully saturated rings. The molecule has 0 saturated heterocycles. The van der Waals surface area contributed by atoms with Crippen LogP contribution in [0, 0.1) is 6.92 Å². The standard InChI is InChI=1S/C28H26N2O3S/c1-21-13-9-10-18-24(21)27(22-14-5-3-6-15-22)29-28(31)25-19-11-12-20-26(25)30(2)34(32,33)23-16-7-4-8-17-23/h3-20,27H,1-2H3,(H,29,31)/t27-/m0/s1. The van der Waals surface area contributed by atoms with Gasteiger partial charge in [-0.25, -0.2) is 8.42 Å². The molecule has 4 rings (SSSR count). The molecule has 0 aliphatic carbocycles. The molecule has 0 heterocycles. The Morgan fingerprint density at radius 1 is 0.765 bits per heavy atom. The van der Waals surface area contributed by atoms with Gasteiger partial charge in [-0.3, -0.25) is 9.10 Å². The highest BCUT2D eigenvalue weighted by Crippen LogP contribution is 2.29. The number of para-hydroxylation sites is 1. The van der Waals surface area contributed by atoms with Crippen molar-refractivity contribution in [3.63, 3.8) is 0 Å². The maximum Gasteiger partial charge on any atom is 0.264 e. The Kier molecular flexibility index (Phi) is 6.80. The van der Waals surface area contributed by atoms with E-state index in [0.29, 0.717) is 5.69 Å². The molecule has 1 atom stereocenters. The fourth-order valence-corrected chi connectivity index (χ4v) is 5.16. The number of sulfonamides is 1. The lowest BCUT2D eigenvalue weighted by atomic mass is 9.94. The van der Waals surface area contributed by atoms with Gasteiger partial charge in [-0.2, -0.15) is 0 Å². The number of amides is 1. The van der Waals surface area contributed by atoms with Crippen LogP contribution in [0.3, 0.4) is 0 Å². The van der Waals surface area contributed by atoms with Crippen LogP contribution >= 0.6 is 0 Å². The topological polar surface area (TPSA) is 66.5 Å². The van der Waals surface area contributed by atoms with Gasteiger partial charge in [0.25, 0.3) is 15.9 Å². The third-order valence-corrected chi connectivity index (χ3v) is 7.58. The van der Waals surface area contributed by atoms with Gasteiger partial charge in [0.15, 0.2) is 0 Å². The molecular weight excluding hydrogens is 444 g/mol. The zero-order valence-electron chi connectivity index (χ0n) is 19.0. The van der Waals surface area contributed by atoms with Crippen molar-refractivity contribution in [2.24, 2.45) is 0 Å². The molecule has 5 nitrogen and oxygen atoms in total. The predicted molar refractivity (Wildman–Crippen MR) is 135 cm³/mol. The van der Waals surface area contributed by atoms with Crippen LogP contribution in [0.4, 0.5) is 5.69 Å². The minimum absolute atomic E-state index is 0.162. The SMILES string of the molecule is Cc1ccccc1[C@@H](NC(=O)c1ccccc1N(C)S(=O)(=O)c1ccccc1)c1ccccc1. The van der Waals surface area contributed by atoms with E-state index < -0.39 is 10.0 Å². The number of carbonyl (C=O) groups excluding carboxylic acids is 1. The van der Waals surface area contributed by atoms with Crippen molar-refractivity contribution in [3.8, 4) is 0 Å². The lowest BCUT2D eigenvalue weighted by Gasteiger charge is -2.25. The number of nitrogens with zero attached hydrogens (tertiary/aromatic N) is 1. The van der Waals surface area contributed by atoms with E-state index in [1.807, 2.05) is 61.5 Å². The van der Waals surface area contributed by atoms with Gasteiger partial charge in [0.1, 0.15) is 0 Å². The van der Waals surface area contributed by atoms with E-state index in [1.54, 1.807) is 42.5 Å². The quantitative estimate of drug-likeness (QED) is 0.397. The van der Waals surface area contributed by atoms with Gasteiger partial charge < -0.3 is 5.32 Å². The Morgan fingerprint density at radius 2 is 1.32 bits per heavy atom. The Labute approximate surface area is 200 Å². The van der Waals surface area contributed by atoms with Gasteiger partial charge >= 0.3 is 0 Å². The van der Waals surface area contributed by atoms with Crippen molar-refractivity contribution < 1.29 is 13.2 Å². The smallest absolute Gasteiger partial charge is 0.264 e. The first-order valence-corrected chi connectivity index (χ1v) is 12.4. The number of aryl methyl sites for hydroxylation is 1. The van der Waals surface area contributed by atoms with Gasteiger partial charge in [0, 0.05) is 7.05 Å². The van der Waals surface area contributed by atoms with Gasteiger partial charge in [-0.05, 0) is 47.9 Å². The number of anilines is 1. The molecule has 0 bridgehead atoms. The van der Waals surface area contributed by atoms with Crippen molar-refractivity contribution in [2.75, 3.05) is 11.4 Å². The number of hydrogen-bond acceptors (Lipinski definition) is 3. The molecule has 172 valence electrons. The number of carbonyl (C=O) groups is 1. The summed E-state index contributed by atoms with van der Waals surface area (Å²) in [6.07, 6.45) is 0. The first-order chi connectivity index (χ1) is 16.4. The summed E-state index contributed by atoms with van der Waals surface area (Å²) >= 11 is 0. The molecule has 0 unspecified atom stereocenters. The Bertz CT molecular complexity index is 1390. The molecule has 0 radical (unpaired) electrons. The third-order valence-electron chi connectivity index (χ3n) is 5.80. The fraction of sp³-hybridized carbons (Fsp3) is 0.107. The fourth-order valence-electron chi connectivity index (χ4n) is 3.93. The third kappa shape index (κ3) is 4.72. The Hall–Kier alpha value is -3.90. The minimum Gasteiger partial charge on any atom is -0.341 e. The van der Waals surface area contributed by atoms with Crippen molar-refractivity contribution >= 4 is 21.6 Å². The highest BCUT2D eigenvalue weighted by Gasteiger charge is 2.26. The van der Waals surface area contributed by atoms with Crippen LogP contribution in [-0.2, 0) is 10.0 Å². The predicted octanol–water partition coefficient (Wildman–Crippen LogP) is 5.34. The monoisotopic (exact) mass is 470 g/mol. The molecule has 0 spiro atoms. The summed E-state index contributed by atoms with van der Waals surface area (Å²) < 4.78 is 27.6. The lowest BCUT2D eigenvalue weighted by Crippen LogP contribution is -2.33. The normalized spacial score (nSPS) is 12.1. The summed E-state index contributed by atoms with van der Waals surface area (Å²) in [7, 11) is -2.37. The van der Waals surface area contributed by atoms with Crippen LogP contribution < -0.4 is 9.62 Å². The van der Waals surface area contributed by atoms with Gasteiger partial charge in [0.05, 0.1) is 22.2 Å². The van der Waals surface area contributed by atoms with Crippen LogP contribution in [-0.4, -0.2) is 21.4 Å². The van der Waals surface area contributed by atoms with E-state index in [2.05, 4.69) is 5.32 Å². The van der Waals surface area contributed by atoms with Crippen LogP contribution in [0.25, 0.3) is 0 Å². The highest BCUT2D eigenvalue weighted by atomic mass is 32.2. The van der Waals surface area contributed by atoms with Crippen LogP contribution in [0.1, 0.15) is 33.1 Å². The van der Waals surface area contributed by atoms with E-state index in [4.69, 9.17) is 0 Å². The van der Waals surface area contributed by atoms with E-state index in [9.17, 15) is 13.2 Å². The molecular formula is C28H26N2O3S. The van der Waals surface area contributed by atoms with Crippen LogP contribution in [0.2, 0.25) is 0 Å². The summed E-state index contributed by atoms with van der Waals surface area (Å²) in [6.45, 7) is 2.01. The molecule has 4 aromatic carbocycles. The first-order valence-electron chi connectivity index (χ1n) is 10.9. The molecule has 0 saturated carbocycles. The van der Waals surface area contributed by atoms with E-state index >= 15 is 0 Å². The second-order valence-corrected chi connectivity index (χ2v) is 9.95. The minimum atomic E-state index is -3.83. The van der Waals surface area contributed by atoms with Crippen molar-refractivity contribution in [3.05, 3.63) is 131 Å². The maximum absolute atomic E-state index is 13.6. The second kappa shape index (κ2) is 9.93. The Morgan fingerprint density at radius 3 is 2.00 bits per heavy atom. The molecule has 0 aromatic heterocycles. The number of nitrogens with one attached hydrogen (secondary N) is 1. The zero-order valence-corrected chi connectivity index (χ0v) is 19.9. The summed E-state index contributed by atoms with van der Waals surface area (Å²) in [4.78, 5) is 13.7. The molecule has 1 amide bonds.